The highest BCUT2D eigenvalue weighted by molar-refractivity contribution is 5.96. The van der Waals surface area contributed by atoms with Crippen LogP contribution in [0.15, 0.2) is 60.7 Å². The minimum Gasteiger partial charge on any atom is -0.460 e. The summed E-state index contributed by atoms with van der Waals surface area (Å²) >= 11 is 0. The molecule has 6 fully saturated rings. The third-order valence-electron chi connectivity index (χ3n) is 13.2. The van der Waals surface area contributed by atoms with Gasteiger partial charge in [0.15, 0.2) is 11.8 Å². The lowest BCUT2D eigenvalue weighted by atomic mass is 9.62. The van der Waals surface area contributed by atoms with E-state index in [1.54, 1.807) is 48.0 Å². The number of fused-ring (bicyclic) bond motifs is 4. The molecule has 0 unspecified atom stereocenters. The lowest BCUT2D eigenvalue weighted by Gasteiger charge is -2.50. The number of carbonyl (C=O) groups is 5. The van der Waals surface area contributed by atoms with Gasteiger partial charge in [0.1, 0.15) is 41.5 Å². The van der Waals surface area contributed by atoms with Crippen LogP contribution in [-0.4, -0.2) is 131 Å². The molecule has 2 aromatic carbocycles. The molecular weight excluding hydrogens is 797 g/mol. The van der Waals surface area contributed by atoms with Crippen molar-refractivity contribution in [2.75, 3.05) is 27.7 Å². The van der Waals surface area contributed by atoms with Crippen LogP contribution in [0.5, 0.6) is 0 Å². The number of nitrogens with one attached hydrogen (secondary N) is 1. The maximum atomic E-state index is 15.8. The average Bonchev–Trinajstić information content (AvgIpc) is 4.19. The average molecular weight is 857 g/mol. The zero-order valence-electron chi connectivity index (χ0n) is 36.5. The fraction of sp³-hybridized carbons (Fsp3) is 0.596. The molecule has 334 valence electrons. The van der Waals surface area contributed by atoms with Crippen molar-refractivity contribution in [3.05, 3.63) is 77.4 Å². The van der Waals surface area contributed by atoms with Crippen LogP contribution >= 0.6 is 0 Å². The first-order valence-corrected chi connectivity index (χ1v) is 22.0. The first-order valence-electron chi connectivity index (χ1n) is 22.0. The third kappa shape index (κ3) is 8.54. The van der Waals surface area contributed by atoms with E-state index < -0.39 is 89.7 Å². The van der Waals surface area contributed by atoms with E-state index in [0.717, 1.165) is 42.4 Å². The number of aliphatic hydroxyl groups is 1. The Bertz CT molecular complexity index is 2050. The molecule has 2 bridgehead atoms. The minimum absolute atomic E-state index is 0.0389. The van der Waals surface area contributed by atoms with Gasteiger partial charge in [0, 0.05) is 58.3 Å². The number of likely N-dealkylation sites (N-methyl/N-ethyl adjacent to an activating group) is 2. The number of hydrogen-bond acceptors (Lipinski definition) is 12. The molecule has 0 radical (unpaired) electrons. The molecule has 3 aliphatic carbocycles. The summed E-state index contributed by atoms with van der Waals surface area (Å²) in [7, 11) is 4.90. The molecule has 0 spiro atoms. The standard InChI is InChI=1S/C47H60N4O11/c1-45(2,3)59-37(54)23-21-33(27-52)48-42(55)34(24-28-12-8-7-9-13-28)50(6)44(57)46-25-35-38-39(61-47(60-38,31-17-18-31)32-19-20-32)41(46)62-51(40(46)43(56)58-35)26-30-15-11-10-14-29(30)16-22-36(53)49(4)5/h7-16,22,31-35,38-41,52H,17-21,23-27H2,1-6H3,(H,48,55)/t33-,34+,35+,38-,39-,40-,41+,46-/m0/s1. The fourth-order valence-electron chi connectivity index (χ4n) is 9.87. The number of nitrogens with zero attached hydrogens (tertiary/aromatic N) is 3. The highest BCUT2D eigenvalue weighted by atomic mass is 16.8. The molecule has 3 heterocycles. The Labute approximate surface area is 362 Å². The summed E-state index contributed by atoms with van der Waals surface area (Å²) in [6.45, 7) is 4.92. The van der Waals surface area contributed by atoms with Gasteiger partial charge in [0.05, 0.1) is 19.2 Å². The Kier molecular flexibility index (Phi) is 12.1. The maximum absolute atomic E-state index is 15.8. The van der Waals surface area contributed by atoms with Crippen LogP contribution in [-0.2, 0) is 60.7 Å². The smallest absolute Gasteiger partial charge is 0.327 e. The quantitative estimate of drug-likeness (QED) is 0.186. The van der Waals surface area contributed by atoms with Crippen molar-refractivity contribution in [3.63, 3.8) is 0 Å². The Morgan fingerprint density at radius 2 is 1.63 bits per heavy atom. The summed E-state index contributed by atoms with van der Waals surface area (Å²) in [5.41, 5.74) is 0.00290. The number of rotatable bonds is 16. The second-order valence-corrected chi connectivity index (χ2v) is 19.1. The molecule has 0 aromatic heterocycles. The second kappa shape index (κ2) is 17.1. The Balaban J connectivity index is 1.14. The van der Waals surface area contributed by atoms with E-state index in [9.17, 15) is 24.3 Å². The van der Waals surface area contributed by atoms with Crippen molar-refractivity contribution < 1.29 is 52.9 Å². The van der Waals surface area contributed by atoms with Crippen LogP contribution in [0, 0.1) is 17.3 Å². The van der Waals surface area contributed by atoms with E-state index in [1.165, 1.54) is 20.9 Å². The molecule has 3 saturated carbocycles. The van der Waals surface area contributed by atoms with E-state index in [4.69, 9.17) is 23.8 Å². The molecule has 62 heavy (non-hydrogen) atoms. The Morgan fingerprint density at radius 3 is 2.27 bits per heavy atom. The van der Waals surface area contributed by atoms with Crippen molar-refractivity contribution in [2.24, 2.45) is 17.3 Å². The Hall–Kier alpha value is -4.67. The van der Waals surface area contributed by atoms with Crippen LogP contribution in [0.4, 0.5) is 0 Å². The first-order chi connectivity index (χ1) is 29.5. The maximum Gasteiger partial charge on any atom is 0.327 e. The van der Waals surface area contributed by atoms with Gasteiger partial charge in [0.2, 0.25) is 17.7 Å². The first kappa shape index (κ1) is 44.0. The van der Waals surface area contributed by atoms with Crippen molar-refractivity contribution in [1.29, 1.82) is 0 Å². The molecule has 8 atom stereocenters. The molecule has 2 aromatic rings. The normalized spacial score (nSPS) is 28.4. The number of amides is 3. The van der Waals surface area contributed by atoms with Gasteiger partial charge in [-0.15, -0.1) is 0 Å². The highest BCUT2D eigenvalue weighted by Crippen LogP contribution is 2.64. The van der Waals surface area contributed by atoms with Crippen molar-refractivity contribution in [1.82, 2.24) is 20.2 Å². The number of esters is 2. The second-order valence-electron chi connectivity index (χ2n) is 19.1. The van der Waals surface area contributed by atoms with E-state index in [1.807, 2.05) is 54.6 Å². The van der Waals surface area contributed by atoms with Gasteiger partial charge < -0.3 is 39.2 Å². The summed E-state index contributed by atoms with van der Waals surface area (Å²) < 4.78 is 25.7. The van der Waals surface area contributed by atoms with Gasteiger partial charge in [-0.25, -0.2) is 0 Å². The van der Waals surface area contributed by atoms with Gasteiger partial charge in [-0.2, -0.15) is 5.06 Å². The van der Waals surface area contributed by atoms with Gasteiger partial charge in [0.25, 0.3) is 0 Å². The van der Waals surface area contributed by atoms with Crippen LogP contribution in [0.2, 0.25) is 0 Å². The third-order valence-corrected chi connectivity index (χ3v) is 13.2. The number of aliphatic hydroxyl groups excluding tert-OH is 1. The zero-order valence-corrected chi connectivity index (χ0v) is 36.5. The van der Waals surface area contributed by atoms with Crippen LogP contribution in [0.1, 0.15) is 82.4 Å². The lowest BCUT2D eigenvalue weighted by molar-refractivity contribution is -0.235. The van der Waals surface area contributed by atoms with Crippen molar-refractivity contribution >= 4 is 35.7 Å². The summed E-state index contributed by atoms with van der Waals surface area (Å²) in [5.74, 6) is -2.78. The number of hydrogen-bond donors (Lipinski definition) is 2. The van der Waals surface area contributed by atoms with Crippen LogP contribution in [0.25, 0.3) is 6.08 Å². The predicted molar refractivity (Wildman–Crippen MR) is 224 cm³/mol. The number of ether oxygens (including phenoxy) is 4. The summed E-state index contributed by atoms with van der Waals surface area (Å²) in [4.78, 5) is 79.8. The summed E-state index contributed by atoms with van der Waals surface area (Å²) in [5, 5.41) is 14.8. The molecule has 8 rings (SSSR count). The molecular formula is C47H60N4O11. The topological polar surface area (TPSA) is 173 Å². The molecule has 2 N–H and O–H groups in total. The predicted octanol–water partition coefficient (Wildman–Crippen LogP) is 3.56. The molecule has 15 nitrogen and oxygen atoms in total. The largest absolute Gasteiger partial charge is 0.460 e. The van der Waals surface area contributed by atoms with Gasteiger partial charge >= 0.3 is 11.9 Å². The molecule has 3 aliphatic heterocycles. The fourth-order valence-corrected chi connectivity index (χ4v) is 9.87. The molecule has 15 heteroatoms. The minimum atomic E-state index is -1.56. The molecule has 6 aliphatic rings. The monoisotopic (exact) mass is 856 g/mol. The van der Waals surface area contributed by atoms with E-state index in [0.29, 0.717) is 0 Å². The summed E-state index contributed by atoms with van der Waals surface area (Å²) in [6, 6.07) is 13.6. The van der Waals surface area contributed by atoms with Gasteiger partial charge in [-0.05, 0) is 75.6 Å². The van der Waals surface area contributed by atoms with Gasteiger partial charge in [-0.3, -0.25) is 28.8 Å². The van der Waals surface area contributed by atoms with Crippen LogP contribution < -0.4 is 5.32 Å². The SMILES string of the molecule is CN(C)C(=O)C=Cc1ccccc1CN1O[C@@H]2[C@H]3OC(C4CC4)(C4CC4)O[C@H]3[C@H]3C[C@]2(C(=O)N(C)[C@H](Cc2ccccc2)C(=O)N[C@H](CO)CCC(=O)OC(C)(C)C)[C@@H]1C(=O)O3. The van der Waals surface area contributed by atoms with E-state index in [-0.39, 0.29) is 50.0 Å². The van der Waals surface area contributed by atoms with E-state index >= 15 is 4.79 Å². The Morgan fingerprint density at radius 1 is 0.968 bits per heavy atom. The van der Waals surface area contributed by atoms with Gasteiger partial charge in [-0.1, -0.05) is 54.6 Å². The van der Waals surface area contributed by atoms with Crippen LogP contribution in [0.3, 0.4) is 0 Å². The van der Waals surface area contributed by atoms with E-state index in [2.05, 4.69) is 5.32 Å². The number of hydroxylamine groups is 2. The van der Waals surface area contributed by atoms with Crippen molar-refractivity contribution in [2.45, 2.75) is 133 Å². The van der Waals surface area contributed by atoms with Crippen molar-refractivity contribution in [3.8, 4) is 0 Å². The zero-order chi connectivity index (χ0) is 44.1. The number of benzene rings is 2. The molecule has 3 saturated heterocycles. The highest BCUT2D eigenvalue weighted by Gasteiger charge is 2.78. The summed E-state index contributed by atoms with van der Waals surface area (Å²) in [6.07, 6.45) is 4.08. The lowest BCUT2D eigenvalue weighted by Crippen LogP contribution is -2.70. The molecule has 3 amide bonds. The number of carbonyl (C=O) groups excluding carboxylic acids is 5.